The van der Waals surface area contributed by atoms with Gasteiger partial charge >= 0.3 is 17.6 Å². The zero-order valence-electron chi connectivity index (χ0n) is 2.77. The molecule has 0 atom stereocenters. The van der Waals surface area contributed by atoms with Crippen LogP contribution in [0, 0.1) is 0 Å². The minimum absolute atomic E-state index is 0. The van der Waals surface area contributed by atoms with Gasteiger partial charge < -0.3 is 28.2 Å². The van der Waals surface area contributed by atoms with Gasteiger partial charge in [0.25, 0.3) is 0 Å². The molecule has 0 amide bonds. The maximum absolute atomic E-state index is 0. The average Bonchev–Trinajstić information content (AvgIpc) is 0. The average molecular weight is 187 g/mol. The summed E-state index contributed by atoms with van der Waals surface area (Å²) in [5, 5.41) is 0. The quantitative estimate of drug-likeness (QED) is 0.261. The smallest absolute Gasteiger partial charge is 1.00 e. The second-order valence-corrected chi connectivity index (χ2v) is 0. The normalized spacial score (nSPS) is 0. The Bertz CT molecular complexity index is 4.14. The Balaban J connectivity index is 0. The van der Waals surface area contributed by atoms with Crippen LogP contribution >= 0.6 is 0 Å². The SMILES string of the molecule is [F-].[F-].[F-].[F-].[F-].[F-].[Ge+4]. The zero-order chi connectivity index (χ0) is 0. The van der Waals surface area contributed by atoms with Crippen LogP contribution in [0.3, 0.4) is 0 Å². The first-order valence-corrected chi connectivity index (χ1v) is 0. The molecule has 0 nitrogen and oxygen atoms in total. The maximum Gasteiger partial charge on any atom is 4.00 e. The number of hydrogen-bond acceptors (Lipinski definition) is 0. The first kappa shape index (κ1) is 17700. The third kappa shape index (κ3) is 6900. The first-order chi connectivity index (χ1) is 0. The van der Waals surface area contributed by atoms with Gasteiger partial charge in [-0.05, 0) is 0 Å². The van der Waals surface area contributed by atoms with Crippen LogP contribution in [0.15, 0.2) is 0 Å². The van der Waals surface area contributed by atoms with Crippen molar-refractivity contribution < 1.29 is 28.2 Å². The number of hydrogen-bond donors (Lipinski definition) is 0. The van der Waals surface area contributed by atoms with E-state index < -0.39 is 0 Å². The number of rotatable bonds is 0. The molecular weight excluding hydrogens is 187 g/mol. The van der Waals surface area contributed by atoms with E-state index in [-0.39, 0.29) is 45.8 Å². The van der Waals surface area contributed by atoms with E-state index in [1.807, 2.05) is 0 Å². The Labute approximate surface area is 46.8 Å². The first-order valence-electron chi connectivity index (χ1n) is 0. The van der Waals surface area contributed by atoms with Crippen molar-refractivity contribution in [1.29, 1.82) is 0 Å². The third-order valence-electron chi connectivity index (χ3n) is 0. The molecule has 0 rings (SSSR count). The van der Waals surface area contributed by atoms with Crippen LogP contribution in [0.5, 0.6) is 0 Å². The van der Waals surface area contributed by atoms with Crippen LogP contribution in [-0.4, -0.2) is 17.6 Å². The minimum atomic E-state index is 0. The van der Waals surface area contributed by atoms with Gasteiger partial charge in [0.15, 0.2) is 0 Å². The molecule has 7 heavy (non-hydrogen) atoms. The van der Waals surface area contributed by atoms with E-state index in [1.165, 1.54) is 0 Å². The summed E-state index contributed by atoms with van der Waals surface area (Å²) in [5.41, 5.74) is 0. The van der Waals surface area contributed by atoms with Gasteiger partial charge in [-0.25, -0.2) is 0 Å². The summed E-state index contributed by atoms with van der Waals surface area (Å²) < 4.78 is 0. The van der Waals surface area contributed by atoms with Crippen LogP contribution in [0.2, 0.25) is 0 Å². The van der Waals surface area contributed by atoms with Gasteiger partial charge in [0, 0.05) is 0 Å². The van der Waals surface area contributed by atoms with E-state index in [9.17, 15) is 0 Å². The Morgan fingerprint density at radius 2 is 0.286 bits per heavy atom. The Morgan fingerprint density at radius 1 is 0.286 bits per heavy atom. The van der Waals surface area contributed by atoms with E-state index in [2.05, 4.69) is 0 Å². The van der Waals surface area contributed by atoms with Crippen LogP contribution in [0.25, 0.3) is 0 Å². The van der Waals surface area contributed by atoms with Crippen molar-refractivity contribution in [2.24, 2.45) is 0 Å². The van der Waals surface area contributed by atoms with Gasteiger partial charge in [0.2, 0.25) is 0 Å². The molecular formula is F6Ge-2. The second-order valence-electron chi connectivity index (χ2n) is 0. The molecule has 0 aromatic rings. The van der Waals surface area contributed by atoms with Crippen molar-refractivity contribution >= 4 is 17.6 Å². The molecule has 0 fully saturated rings. The molecule has 0 spiro atoms. The zero-order valence-corrected chi connectivity index (χ0v) is 4.87. The maximum atomic E-state index is 0. The van der Waals surface area contributed by atoms with E-state index in [0.717, 1.165) is 0 Å². The van der Waals surface area contributed by atoms with Gasteiger partial charge in [-0.15, -0.1) is 0 Å². The standard InChI is InChI=1S/6FH.Ge/h6*1H;/q;;;;;;+4/p-6. The molecule has 0 N–H and O–H groups in total. The largest absolute Gasteiger partial charge is 4.00 e. The molecule has 0 saturated heterocycles. The van der Waals surface area contributed by atoms with Crippen LogP contribution in [-0.2, 0) is 0 Å². The van der Waals surface area contributed by atoms with E-state index >= 15 is 0 Å². The van der Waals surface area contributed by atoms with Crippen molar-refractivity contribution in [3.8, 4) is 0 Å². The predicted octanol–water partition coefficient (Wildman–Crippen LogP) is -18.4. The molecule has 0 saturated carbocycles. The molecule has 0 aromatic carbocycles. The molecule has 0 aliphatic heterocycles. The monoisotopic (exact) mass is 188 g/mol. The summed E-state index contributed by atoms with van der Waals surface area (Å²) in [4.78, 5) is 0. The molecule has 0 radical (unpaired) electrons. The summed E-state index contributed by atoms with van der Waals surface area (Å²) in [7, 11) is 0. The van der Waals surface area contributed by atoms with Gasteiger partial charge in [0.1, 0.15) is 0 Å². The van der Waals surface area contributed by atoms with Crippen molar-refractivity contribution in [3.05, 3.63) is 0 Å². The van der Waals surface area contributed by atoms with E-state index in [0.29, 0.717) is 0 Å². The van der Waals surface area contributed by atoms with Gasteiger partial charge in [-0.2, -0.15) is 0 Å². The second kappa shape index (κ2) is 10600. The Hall–Kier alpha value is 0.123. The van der Waals surface area contributed by atoms with Gasteiger partial charge in [-0.1, -0.05) is 0 Å². The Kier molecular flexibility index (Phi) is 26900000. The summed E-state index contributed by atoms with van der Waals surface area (Å²) in [5.74, 6) is 0. The molecule has 0 unspecified atom stereocenters. The fourth-order valence-electron chi connectivity index (χ4n) is 0. The fraction of sp³-hybridized carbons (Fsp3) is 0. The predicted molar refractivity (Wildman–Crippen MR) is 5.75 cm³/mol. The van der Waals surface area contributed by atoms with Crippen molar-refractivity contribution in [1.82, 2.24) is 0 Å². The van der Waals surface area contributed by atoms with E-state index in [1.54, 1.807) is 0 Å². The van der Waals surface area contributed by atoms with Crippen LogP contribution in [0.4, 0.5) is 0 Å². The van der Waals surface area contributed by atoms with Crippen molar-refractivity contribution in [2.75, 3.05) is 0 Å². The summed E-state index contributed by atoms with van der Waals surface area (Å²) in [6, 6.07) is 0. The van der Waals surface area contributed by atoms with Crippen molar-refractivity contribution in [2.45, 2.75) is 0 Å². The summed E-state index contributed by atoms with van der Waals surface area (Å²) in [6.45, 7) is 0. The van der Waals surface area contributed by atoms with Gasteiger partial charge in [0.05, 0.1) is 0 Å². The summed E-state index contributed by atoms with van der Waals surface area (Å²) >= 11 is 0. The molecule has 7 heteroatoms. The molecule has 0 aliphatic carbocycles. The molecule has 48 valence electrons. The van der Waals surface area contributed by atoms with Gasteiger partial charge in [-0.3, -0.25) is 0 Å². The number of halogens is 6. The molecule has 0 heterocycles. The van der Waals surface area contributed by atoms with E-state index in [4.69, 9.17) is 0 Å². The van der Waals surface area contributed by atoms with Crippen LogP contribution < -0.4 is 28.2 Å². The van der Waals surface area contributed by atoms with Crippen LogP contribution in [0.1, 0.15) is 0 Å². The topological polar surface area (TPSA) is 0 Å². The summed E-state index contributed by atoms with van der Waals surface area (Å²) in [6.07, 6.45) is 0. The molecule has 0 bridgehead atoms. The Morgan fingerprint density at radius 3 is 0.286 bits per heavy atom. The molecule has 0 aromatic heterocycles. The minimum Gasteiger partial charge on any atom is -1.00 e. The third-order valence-corrected chi connectivity index (χ3v) is 0. The van der Waals surface area contributed by atoms with Crippen molar-refractivity contribution in [3.63, 3.8) is 0 Å². The molecule has 0 aliphatic rings. The fourth-order valence-corrected chi connectivity index (χ4v) is 0.